The minimum absolute atomic E-state index is 0.0696. The van der Waals surface area contributed by atoms with Crippen molar-refractivity contribution in [1.82, 2.24) is 5.32 Å². The predicted octanol–water partition coefficient (Wildman–Crippen LogP) is 1.42. The van der Waals surface area contributed by atoms with Crippen molar-refractivity contribution in [3.8, 4) is 0 Å². The Morgan fingerprint density at radius 1 is 1.41 bits per heavy atom. The highest BCUT2D eigenvalue weighted by Gasteiger charge is 2.20. The number of hydrogen-bond acceptors (Lipinski definition) is 3. The molecule has 0 aromatic carbocycles. The normalized spacial score (nSPS) is 13.2. The van der Waals surface area contributed by atoms with Crippen LogP contribution in [0.2, 0.25) is 0 Å². The summed E-state index contributed by atoms with van der Waals surface area (Å²) in [7, 11) is 1.57. The van der Waals surface area contributed by atoms with Gasteiger partial charge >= 0.3 is 5.97 Å². The van der Waals surface area contributed by atoms with E-state index in [1.807, 2.05) is 13.8 Å². The Bertz CT molecular complexity index is 263. The highest BCUT2D eigenvalue weighted by atomic mass is 16.5. The summed E-state index contributed by atoms with van der Waals surface area (Å²) in [6, 6.07) is 0. The van der Waals surface area contributed by atoms with E-state index in [0.29, 0.717) is 25.8 Å². The van der Waals surface area contributed by atoms with Crippen molar-refractivity contribution in [3.63, 3.8) is 0 Å². The van der Waals surface area contributed by atoms with Gasteiger partial charge in [-0.05, 0) is 26.7 Å². The van der Waals surface area contributed by atoms with Gasteiger partial charge in [-0.25, -0.2) is 0 Å². The molecule has 0 radical (unpaired) electrons. The summed E-state index contributed by atoms with van der Waals surface area (Å²) >= 11 is 0. The maximum Gasteiger partial charge on any atom is 0.306 e. The standard InChI is InChI=1S/C12H23NO4/c1-9(11(15)16)6-5-7-13-10(14)8-12(2,3)17-4/h9H,5-8H2,1-4H3,(H,13,14)(H,15,16). The number of carbonyl (C=O) groups excluding carboxylic acids is 1. The number of carboxylic acid groups (broad SMARTS) is 1. The maximum atomic E-state index is 11.5. The highest BCUT2D eigenvalue weighted by Crippen LogP contribution is 2.12. The molecule has 17 heavy (non-hydrogen) atoms. The highest BCUT2D eigenvalue weighted by molar-refractivity contribution is 5.76. The van der Waals surface area contributed by atoms with E-state index >= 15 is 0 Å². The van der Waals surface area contributed by atoms with E-state index in [0.717, 1.165) is 0 Å². The molecular weight excluding hydrogens is 222 g/mol. The average Bonchev–Trinajstić information content (AvgIpc) is 2.23. The molecule has 0 aliphatic rings. The number of carbonyl (C=O) groups is 2. The molecule has 0 fully saturated rings. The molecule has 5 heteroatoms. The van der Waals surface area contributed by atoms with Crippen molar-refractivity contribution in [2.24, 2.45) is 5.92 Å². The number of aliphatic carboxylic acids is 1. The van der Waals surface area contributed by atoms with Crippen LogP contribution in [0.3, 0.4) is 0 Å². The molecule has 5 nitrogen and oxygen atoms in total. The second kappa shape index (κ2) is 7.27. The molecule has 2 N–H and O–H groups in total. The summed E-state index contributed by atoms with van der Waals surface area (Å²) in [4.78, 5) is 22.0. The largest absolute Gasteiger partial charge is 0.481 e. The number of amides is 1. The molecular formula is C12H23NO4. The van der Waals surface area contributed by atoms with Gasteiger partial charge in [0.15, 0.2) is 0 Å². The van der Waals surface area contributed by atoms with E-state index in [9.17, 15) is 9.59 Å². The van der Waals surface area contributed by atoms with Gasteiger partial charge in [-0.15, -0.1) is 0 Å². The fourth-order valence-electron chi connectivity index (χ4n) is 1.28. The van der Waals surface area contributed by atoms with Gasteiger partial charge in [0.25, 0.3) is 0 Å². The second-order valence-electron chi connectivity index (χ2n) is 4.87. The summed E-state index contributed by atoms with van der Waals surface area (Å²) in [6.45, 7) is 5.87. The zero-order valence-electron chi connectivity index (χ0n) is 11.1. The number of hydrogen-bond donors (Lipinski definition) is 2. The van der Waals surface area contributed by atoms with Crippen molar-refractivity contribution in [3.05, 3.63) is 0 Å². The van der Waals surface area contributed by atoms with Crippen LogP contribution in [-0.2, 0) is 14.3 Å². The summed E-state index contributed by atoms with van der Waals surface area (Å²) in [5.74, 6) is -1.22. The number of rotatable bonds is 8. The first-order valence-electron chi connectivity index (χ1n) is 5.83. The lowest BCUT2D eigenvalue weighted by Crippen LogP contribution is -2.34. The number of ether oxygens (including phenoxy) is 1. The van der Waals surface area contributed by atoms with Gasteiger partial charge < -0.3 is 15.2 Å². The zero-order valence-corrected chi connectivity index (χ0v) is 11.1. The molecule has 0 saturated heterocycles. The van der Waals surface area contributed by atoms with Crippen LogP contribution in [0.1, 0.15) is 40.0 Å². The van der Waals surface area contributed by atoms with Crippen LogP contribution in [0.4, 0.5) is 0 Å². The first-order chi connectivity index (χ1) is 7.78. The third-order valence-corrected chi connectivity index (χ3v) is 2.70. The van der Waals surface area contributed by atoms with Gasteiger partial charge in [0.1, 0.15) is 0 Å². The average molecular weight is 245 g/mol. The molecule has 1 amide bonds. The van der Waals surface area contributed by atoms with E-state index in [4.69, 9.17) is 9.84 Å². The van der Waals surface area contributed by atoms with Crippen LogP contribution >= 0.6 is 0 Å². The van der Waals surface area contributed by atoms with Crippen molar-refractivity contribution in [2.75, 3.05) is 13.7 Å². The van der Waals surface area contributed by atoms with Crippen LogP contribution in [0.5, 0.6) is 0 Å². The number of methoxy groups -OCH3 is 1. The maximum absolute atomic E-state index is 11.5. The smallest absolute Gasteiger partial charge is 0.306 e. The van der Waals surface area contributed by atoms with Crippen LogP contribution in [-0.4, -0.2) is 36.2 Å². The van der Waals surface area contributed by atoms with Gasteiger partial charge in [0, 0.05) is 13.7 Å². The number of nitrogens with one attached hydrogen (secondary N) is 1. The van der Waals surface area contributed by atoms with Crippen molar-refractivity contribution in [1.29, 1.82) is 0 Å². The lowest BCUT2D eigenvalue weighted by atomic mass is 10.0. The number of carboxylic acids is 1. The van der Waals surface area contributed by atoms with Crippen molar-refractivity contribution in [2.45, 2.75) is 45.6 Å². The van der Waals surface area contributed by atoms with E-state index in [2.05, 4.69) is 5.32 Å². The van der Waals surface area contributed by atoms with Crippen LogP contribution < -0.4 is 5.32 Å². The summed E-state index contributed by atoms with van der Waals surface area (Å²) < 4.78 is 5.15. The third kappa shape index (κ3) is 7.74. The van der Waals surface area contributed by atoms with Crippen molar-refractivity contribution < 1.29 is 19.4 Å². The summed E-state index contributed by atoms with van der Waals surface area (Å²) in [5.41, 5.74) is -0.460. The second-order valence-corrected chi connectivity index (χ2v) is 4.87. The molecule has 0 rings (SSSR count). The van der Waals surface area contributed by atoms with Crippen LogP contribution in [0.15, 0.2) is 0 Å². The Kier molecular flexibility index (Phi) is 6.80. The lowest BCUT2D eigenvalue weighted by molar-refractivity contribution is -0.141. The minimum Gasteiger partial charge on any atom is -0.481 e. The third-order valence-electron chi connectivity index (χ3n) is 2.70. The van der Waals surface area contributed by atoms with Crippen LogP contribution in [0, 0.1) is 5.92 Å². The molecule has 0 spiro atoms. The molecule has 1 atom stereocenters. The molecule has 100 valence electrons. The molecule has 0 aromatic rings. The SMILES string of the molecule is COC(C)(C)CC(=O)NCCCC(C)C(=O)O. The molecule has 0 saturated carbocycles. The monoisotopic (exact) mass is 245 g/mol. The Balaban J connectivity index is 3.69. The van der Waals surface area contributed by atoms with E-state index in [-0.39, 0.29) is 11.8 Å². The first-order valence-corrected chi connectivity index (χ1v) is 5.83. The lowest BCUT2D eigenvalue weighted by Gasteiger charge is -2.21. The van der Waals surface area contributed by atoms with Crippen LogP contribution in [0.25, 0.3) is 0 Å². The Labute approximate surface area is 103 Å². The zero-order chi connectivity index (χ0) is 13.5. The minimum atomic E-state index is -0.795. The molecule has 0 bridgehead atoms. The van der Waals surface area contributed by atoms with E-state index in [1.165, 1.54) is 0 Å². The molecule has 0 heterocycles. The Morgan fingerprint density at radius 2 is 2.00 bits per heavy atom. The fraction of sp³-hybridized carbons (Fsp3) is 0.833. The topological polar surface area (TPSA) is 75.6 Å². The van der Waals surface area contributed by atoms with Gasteiger partial charge in [0.2, 0.25) is 5.91 Å². The van der Waals surface area contributed by atoms with E-state index in [1.54, 1.807) is 14.0 Å². The summed E-state index contributed by atoms with van der Waals surface area (Å²) in [5, 5.41) is 11.4. The molecule has 0 aliphatic carbocycles. The predicted molar refractivity (Wildman–Crippen MR) is 64.7 cm³/mol. The fourth-order valence-corrected chi connectivity index (χ4v) is 1.28. The Morgan fingerprint density at radius 3 is 2.47 bits per heavy atom. The quantitative estimate of drug-likeness (QED) is 0.634. The van der Waals surface area contributed by atoms with Gasteiger partial charge in [-0.1, -0.05) is 6.92 Å². The Hall–Kier alpha value is -1.10. The van der Waals surface area contributed by atoms with Gasteiger partial charge in [-0.3, -0.25) is 9.59 Å². The summed E-state index contributed by atoms with van der Waals surface area (Å²) in [6.07, 6.45) is 1.55. The van der Waals surface area contributed by atoms with Gasteiger partial charge in [0.05, 0.1) is 17.9 Å². The van der Waals surface area contributed by atoms with Gasteiger partial charge in [-0.2, -0.15) is 0 Å². The first kappa shape index (κ1) is 15.9. The molecule has 1 unspecified atom stereocenters. The van der Waals surface area contributed by atoms with E-state index < -0.39 is 11.6 Å². The van der Waals surface area contributed by atoms with Crippen molar-refractivity contribution >= 4 is 11.9 Å². The molecule has 0 aromatic heterocycles. The molecule has 0 aliphatic heterocycles.